The molecule has 4 nitrogen and oxygen atoms in total. The number of hydrogen-bond acceptors (Lipinski definition) is 2. The summed E-state index contributed by atoms with van der Waals surface area (Å²) >= 11 is 6.31. The Labute approximate surface area is 169 Å². The van der Waals surface area contributed by atoms with E-state index < -0.39 is 6.04 Å². The molecule has 0 N–H and O–H groups in total. The number of anilines is 2. The first kappa shape index (κ1) is 18.3. The molecule has 28 heavy (non-hydrogen) atoms. The molecule has 0 saturated heterocycles. The lowest BCUT2D eigenvalue weighted by Gasteiger charge is -2.40. The monoisotopic (exact) mass is 390 g/mol. The zero-order chi connectivity index (χ0) is 19.7. The van der Waals surface area contributed by atoms with Gasteiger partial charge in [0.05, 0.1) is 17.9 Å². The van der Waals surface area contributed by atoms with Gasteiger partial charge in [-0.3, -0.25) is 14.5 Å². The summed E-state index contributed by atoms with van der Waals surface area (Å²) in [7, 11) is 0. The number of nitrogens with zero attached hydrogens (tertiary/aromatic N) is 2. The van der Waals surface area contributed by atoms with Crippen LogP contribution in [0.4, 0.5) is 11.4 Å². The average Bonchev–Trinajstić information content (AvgIpc) is 2.73. The van der Waals surface area contributed by atoms with Crippen molar-refractivity contribution in [3.63, 3.8) is 0 Å². The molecule has 0 saturated carbocycles. The summed E-state index contributed by atoms with van der Waals surface area (Å²) in [5.41, 5.74) is 2.84. The van der Waals surface area contributed by atoms with Gasteiger partial charge in [-0.2, -0.15) is 0 Å². The quantitative estimate of drug-likeness (QED) is 0.636. The van der Waals surface area contributed by atoms with Gasteiger partial charge >= 0.3 is 0 Å². The van der Waals surface area contributed by atoms with Gasteiger partial charge in [0.2, 0.25) is 5.91 Å². The molecule has 140 valence electrons. The number of hydrogen-bond donors (Lipinski definition) is 0. The number of benzene rings is 3. The second-order valence-corrected chi connectivity index (χ2v) is 7.13. The Morgan fingerprint density at radius 3 is 2.21 bits per heavy atom. The van der Waals surface area contributed by atoms with Gasteiger partial charge in [0, 0.05) is 10.6 Å². The molecule has 2 amide bonds. The summed E-state index contributed by atoms with van der Waals surface area (Å²) < 4.78 is 0. The van der Waals surface area contributed by atoms with Crippen LogP contribution in [0, 0.1) is 0 Å². The largest absolute Gasteiger partial charge is 0.304 e. The zero-order valence-electron chi connectivity index (χ0n) is 15.4. The minimum absolute atomic E-state index is 0.136. The second kappa shape index (κ2) is 7.49. The first-order valence-corrected chi connectivity index (χ1v) is 9.48. The van der Waals surface area contributed by atoms with E-state index in [1.807, 2.05) is 66.7 Å². The molecule has 1 aliphatic rings. The van der Waals surface area contributed by atoms with Crippen LogP contribution in [-0.4, -0.2) is 17.9 Å². The molecule has 0 spiro atoms. The Morgan fingerprint density at radius 1 is 0.893 bits per heavy atom. The van der Waals surface area contributed by atoms with Crippen LogP contribution in [0.5, 0.6) is 0 Å². The third-order valence-corrected chi connectivity index (χ3v) is 5.34. The predicted molar refractivity (Wildman–Crippen MR) is 112 cm³/mol. The van der Waals surface area contributed by atoms with Crippen molar-refractivity contribution < 1.29 is 9.59 Å². The summed E-state index contributed by atoms with van der Waals surface area (Å²) in [6.45, 7) is 2.12. The van der Waals surface area contributed by atoms with E-state index in [1.54, 1.807) is 28.9 Å². The number of halogens is 1. The van der Waals surface area contributed by atoms with Gasteiger partial charge in [-0.25, -0.2) is 0 Å². The van der Waals surface area contributed by atoms with Crippen molar-refractivity contribution in [3.8, 4) is 0 Å². The van der Waals surface area contributed by atoms with Crippen LogP contribution in [0.1, 0.15) is 22.8 Å². The lowest BCUT2D eigenvalue weighted by atomic mass is 10.0. The standard InChI is InChI=1S/C23H19ClN2O2/c1-16-22(27)25(15-18-11-5-6-12-19(18)24)20-13-7-8-14-21(20)26(16)23(28)17-9-3-2-4-10-17/h2-14,16H,15H2,1H3/t16-/m1/s1. The lowest BCUT2D eigenvalue weighted by Crippen LogP contribution is -2.54. The number of para-hydroxylation sites is 2. The van der Waals surface area contributed by atoms with Crippen LogP contribution in [-0.2, 0) is 11.3 Å². The van der Waals surface area contributed by atoms with Crippen LogP contribution in [0.15, 0.2) is 78.9 Å². The normalized spacial score (nSPS) is 16.1. The van der Waals surface area contributed by atoms with Crippen molar-refractivity contribution in [1.82, 2.24) is 0 Å². The minimum atomic E-state index is -0.620. The molecule has 5 heteroatoms. The van der Waals surface area contributed by atoms with Crippen molar-refractivity contribution in [1.29, 1.82) is 0 Å². The predicted octanol–water partition coefficient (Wildman–Crippen LogP) is 4.92. The Bertz CT molecular complexity index is 1040. The lowest BCUT2D eigenvalue weighted by molar-refractivity contribution is -0.119. The molecule has 3 aromatic carbocycles. The summed E-state index contributed by atoms with van der Waals surface area (Å²) in [6, 6.07) is 23.4. The molecule has 0 unspecified atom stereocenters. The minimum Gasteiger partial charge on any atom is -0.304 e. The number of fused-ring (bicyclic) bond motifs is 1. The molecule has 1 aliphatic heterocycles. The van der Waals surface area contributed by atoms with Crippen molar-refractivity contribution in [2.75, 3.05) is 9.80 Å². The highest BCUT2D eigenvalue weighted by Gasteiger charge is 2.38. The van der Waals surface area contributed by atoms with E-state index in [-0.39, 0.29) is 11.8 Å². The Morgan fingerprint density at radius 2 is 1.50 bits per heavy atom. The van der Waals surface area contributed by atoms with Crippen molar-refractivity contribution in [3.05, 3.63) is 95.0 Å². The molecule has 1 heterocycles. The molecule has 0 fully saturated rings. The van der Waals surface area contributed by atoms with Crippen LogP contribution in [0.3, 0.4) is 0 Å². The van der Waals surface area contributed by atoms with Gasteiger partial charge in [-0.05, 0) is 42.8 Å². The maximum Gasteiger partial charge on any atom is 0.259 e. The molecule has 0 bridgehead atoms. The van der Waals surface area contributed by atoms with E-state index in [9.17, 15) is 9.59 Å². The first-order valence-electron chi connectivity index (χ1n) is 9.10. The molecular weight excluding hydrogens is 372 g/mol. The van der Waals surface area contributed by atoms with E-state index in [4.69, 9.17) is 11.6 Å². The van der Waals surface area contributed by atoms with Crippen LogP contribution in [0.2, 0.25) is 5.02 Å². The molecule has 4 rings (SSSR count). The fourth-order valence-electron chi connectivity index (χ4n) is 3.52. The SMILES string of the molecule is C[C@@H]1C(=O)N(Cc2ccccc2Cl)c2ccccc2N1C(=O)c1ccccc1. The number of carbonyl (C=O) groups excluding carboxylic acids is 2. The van der Waals surface area contributed by atoms with Crippen molar-refractivity contribution in [2.45, 2.75) is 19.5 Å². The van der Waals surface area contributed by atoms with Crippen LogP contribution in [0.25, 0.3) is 0 Å². The Balaban J connectivity index is 1.77. The van der Waals surface area contributed by atoms with Gasteiger partial charge in [-0.15, -0.1) is 0 Å². The van der Waals surface area contributed by atoms with Crippen molar-refractivity contribution in [2.24, 2.45) is 0 Å². The van der Waals surface area contributed by atoms with E-state index in [0.29, 0.717) is 22.8 Å². The van der Waals surface area contributed by atoms with E-state index >= 15 is 0 Å². The summed E-state index contributed by atoms with van der Waals surface area (Å²) in [6.07, 6.45) is 0. The first-order chi connectivity index (χ1) is 13.6. The highest BCUT2D eigenvalue weighted by atomic mass is 35.5. The molecule has 0 aliphatic carbocycles. The maximum absolute atomic E-state index is 13.2. The number of rotatable bonds is 3. The summed E-state index contributed by atoms with van der Waals surface area (Å²) in [5, 5.41) is 0.614. The third-order valence-electron chi connectivity index (χ3n) is 4.97. The van der Waals surface area contributed by atoms with Gasteiger partial charge < -0.3 is 4.90 Å². The number of carbonyl (C=O) groups is 2. The summed E-state index contributed by atoms with van der Waals surface area (Å²) in [4.78, 5) is 29.7. The van der Waals surface area contributed by atoms with Gasteiger partial charge in [-0.1, -0.05) is 60.1 Å². The summed E-state index contributed by atoms with van der Waals surface area (Å²) in [5.74, 6) is -0.325. The smallest absolute Gasteiger partial charge is 0.259 e. The molecule has 0 radical (unpaired) electrons. The Kier molecular flexibility index (Phi) is 4.88. The Hall–Kier alpha value is -3.11. The van der Waals surface area contributed by atoms with Crippen LogP contribution >= 0.6 is 11.6 Å². The average molecular weight is 391 g/mol. The van der Waals surface area contributed by atoms with Gasteiger partial charge in [0.15, 0.2) is 0 Å². The fourth-order valence-corrected chi connectivity index (χ4v) is 3.72. The highest BCUT2D eigenvalue weighted by molar-refractivity contribution is 6.31. The second-order valence-electron chi connectivity index (χ2n) is 6.72. The van der Waals surface area contributed by atoms with Crippen molar-refractivity contribution >= 4 is 34.8 Å². The molecule has 0 aromatic heterocycles. The van der Waals surface area contributed by atoms with Gasteiger partial charge in [0.25, 0.3) is 5.91 Å². The van der Waals surface area contributed by atoms with E-state index in [0.717, 1.165) is 11.3 Å². The highest BCUT2D eigenvalue weighted by Crippen LogP contribution is 2.38. The molecule has 1 atom stereocenters. The number of amides is 2. The fraction of sp³-hybridized carbons (Fsp3) is 0.130. The zero-order valence-corrected chi connectivity index (χ0v) is 16.1. The topological polar surface area (TPSA) is 40.6 Å². The molecular formula is C23H19ClN2O2. The maximum atomic E-state index is 13.2. The van der Waals surface area contributed by atoms with Gasteiger partial charge in [0.1, 0.15) is 6.04 Å². The van der Waals surface area contributed by atoms with E-state index in [2.05, 4.69) is 0 Å². The third kappa shape index (κ3) is 3.16. The van der Waals surface area contributed by atoms with E-state index in [1.165, 1.54) is 0 Å². The van der Waals surface area contributed by atoms with Crippen LogP contribution < -0.4 is 9.80 Å². The molecule has 3 aromatic rings.